The minimum atomic E-state index is -1.34. The first-order chi connectivity index (χ1) is 58.7. The average Bonchev–Trinajstić information content (AvgIpc) is 1.63. The lowest BCUT2D eigenvalue weighted by atomic mass is 9.80. The summed E-state index contributed by atoms with van der Waals surface area (Å²) in [6.07, 6.45) is 10.3. The Kier molecular flexibility index (Phi) is 42.9. The number of carbonyl (C=O) groups excluding carboxylic acids is 3. The highest BCUT2D eigenvalue weighted by Gasteiger charge is 2.31. The maximum Gasteiger partial charge on any atom is 0.488 e. The number of nitrogen functional groups attached to an aromatic ring is 3. The average molecular weight is 1880 g/mol. The highest BCUT2D eigenvalue weighted by atomic mass is 79.9. The molecule has 1 heterocycles. The topological polar surface area (TPSA) is 224 Å². The number of hydrogen-bond acceptors (Lipinski definition) is 11. The molecule has 12 aromatic carbocycles. The number of aryl methyl sites for hydroxylation is 5. The summed E-state index contributed by atoms with van der Waals surface area (Å²) in [4.78, 5) is 36.9. The Balaban J connectivity index is 0.000000228. The van der Waals surface area contributed by atoms with Crippen LogP contribution in [0.1, 0.15) is 170 Å². The van der Waals surface area contributed by atoms with Crippen LogP contribution in [0.4, 0.5) is 17.1 Å². The van der Waals surface area contributed by atoms with Crippen LogP contribution in [0.3, 0.4) is 0 Å². The van der Waals surface area contributed by atoms with E-state index in [1.165, 1.54) is 62.1 Å². The summed E-state index contributed by atoms with van der Waals surface area (Å²) in [5.74, 6) is 6.89. The van der Waals surface area contributed by atoms with Gasteiger partial charge in [-0.05, 0) is 234 Å². The van der Waals surface area contributed by atoms with Crippen LogP contribution in [0.15, 0.2) is 305 Å². The van der Waals surface area contributed by atoms with Gasteiger partial charge < -0.3 is 21.5 Å². The largest absolute Gasteiger partial charge is 0.488 e. The molecule has 13 nitrogen and oxygen atoms in total. The summed E-state index contributed by atoms with van der Waals surface area (Å²) in [5, 5.41) is 26.4. The highest BCUT2D eigenvalue weighted by Crippen LogP contribution is 2.37. The Morgan fingerprint density at radius 1 is 0.431 bits per heavy atom. The normalized spacial score (nSPS) is 10.7. The van der Waals surface area contributed by atoms with Crippen LogP contribution in [-0.2, 0) is 21.4 Å². The van der Waals surface area contributed by atoms with E-state index in [2.05, 4.69) is 271 Å². The molecular formula is C104H120BBr3Cl2N8O5. The minimum absolute atomic E-state index is 0.0855. The Labute approximate surface area is 766 Å². The summed E-state index contributed by atoms with van der Waals surface area (Å²) in [6, 6.07) is 96.7. The number of hydrogen-bond donors (Lipinski definition) is 7. The van der Waals surface area contributed by atoms with Crippen LogP contribution in [-0.4, -0.2) is 48.9 Å². The summed E-state index contributed by atoms with van der Waals surface area (Å²) in [6.45, 7) is 29.3. The molecule has 0 fully saturated rings. The number of halogens is 5. The third-order valence-corrected chi connectivity index (χ3v) is 23.0. The highest BCUT2D eigenvalue weighted by molar-refractivity contribution is 9.11. The predicted molar refractivity (Wildman–Crippen MR) is 532 cm³/mol. The monoisotopic (exact) mass is 1880 g/mol. The Hall–Kier alpha value is -10.0. The van der Waals surface area contributed by atoms with Crippen molar-refractivity contribution in [1.29, 1.82) is 0 Å². The van der Waals surface area contributed by atoms with E-state index in [-0.39, 0.29) is 27.4 Å². The second kappa shape index (κ2) is 51.9. The van der Waals surface area contributed by atoms with Crippen molar-refractivity contribution in [2.24, 2.45) is 16.7 Å². The van der Waals surface area contributed by atoms with E-state index < -0.39 is 7.12 Å². The molecule has 0 saturated heterocycles. The van der Waals surface area contributed by atoms with Gasteiger partial charge in [0.1, 0.15) is 11.6 Å². The minimum Gasteiger partial charge on any atom is -0.423 e. The zero-order chi connectivity index (χ0) is 90.2. The number of ketones is 1. The van der Waals surface area contributed by atoms with E-state index in [0.29, 0.717) is 23.2 Å². The van der Waals surface area contributed by atoms with Crippen LogP contribution < -0.4 is 33.0 Å². The van der Waals surface area contributed by atoms with Crippen molar-refractivity contribution in [3.63, 3.8) is 0 Å². The molecule has 1 amide bonds. The first kappa shape index (κ1) is 102. The van der Waals surface area contributed by atoms with Gasteiger partial charge in [0.2, 0.25) is 5.24 Å². The lowest BCUT2D eigenvalue weighted by Crippen LogP contribution is -2.29. The molecule has 13 aromatic rings. The number of aromatic nitrogens is 3. The molecule has 123 heavy (non-hydrogen) atoms. The number of amides is 1. The molecule has 644 valence electrons. The molecule has 13 rings (SSSR count). The van der Waals surface area contributed by atoms with Crippen molar-refractivity contribution >= 4 is 118 Å². The summed E-state index contributed by atoms with van der Waals surface area (Å²) >= 11 is 21.1. The number of carbonyl (C=O) groups is 3. The Morgan fingerprint density at radius 2 is 0.837 bits per heavy atom. The van der Waals surface area contributed by atoms with Crippen molar-refractivity contribution in [3.05, 3.63) is 349 Å². The van der Waals surface area contributed by atoms with E-state index in [1.54, 1.807) is 42.5 Å². The summed E-state index contributed by atoms with van der Waals surface area (Å²) in [5.41, 5.74) is 35.4. The van der Waals surface area contributed by atoms with E-state index in [9.17, 15) is 14.4 Å². The molecule has 10 N–H and O–H groups in total. The number of anilines is 3. The van der Waals surface area contributed by atoms with Gasteiger partial charge in [0, 0.05) is 70.4 Å². The van der Waals surface area contributed by atoms with Gasteiger partial charge in [-0.1, -0.05) is 355 Å². The number of rotatable bonds is 23. The molecule has 0 aliphatic heterocycles. The maximum atomic E-state index is 12.6. The number of nitrogens with zero attached hydrogens (tertiary/aromatic N) is 3. The second-order valence-electron chi connectivity index (χ2n) is 32.1. The quantitative estimate of drug-likeness (QED) is 0.00607. The van der Waals surface area contributed by atoms with E-state index in [1.807, 2.05) is 137 Å². The van der Waals surface area contributed by atoms with Gasteiger partial charge >= 0.3 is 7.12 Å². The smallest absolute Gasteiger partial charge is 0.423 e. The van der Waals surface area contributed by atoms with E-state index in [4.69, 9.17) is 60.9 Å². The van der Waals surface area contributed by atoms with Crippen molar-refractivity contribution in [1.82, 2.24) is 20.2 Å². The van der Waals surface area contributed by atoms with Gasteiger partial charge in [0.15, 0.2) is 5.82 Å². The number of Topliss-reactive ketones (excluding diaryl/α,β-unsaturated/α-hetero) is 1. The molecule has 0 saturated carbocycles. The summed E-state index contributed by atoms with van der Waals surface area (Å²) in [7, 11) is -1.34. The van der Waals surface area contributed by atoms with Gasteiger partial charge in [-0.15, -0.1) is 10.2 Å². The van der Waals surface area contributed by atoms with Crippen LogP contribution in [0.5, 0.6) is 0 Å². The molecule has 0 aliphatic rings. The fourth-order valence-corrected chi connectivity index (χ4v) is 14.4. The zero-order valence-electron chi connectivity index (χ0n) is 73.4. The van der Waals surface area contributed by atoms with Crippen molar-refractivity contribution in [2.45, 2.75) is 167 Å². The molecule has 0 spiro atoms. The third kappa shape index (κ3) is 33.5. The van der Waals surface area contributed by atoms with Crippen LogP contribution >= 0.6 is 71.2 Å². The molecule has 0 bridgehead atoms. The molecule has 0 atom stereocenters. The first-order valence-electron chi connectivity index (χ1n) is 41.6. The van der Waals surface area contributed by atoms with Crippen LogP contribution in [0.2, 0.25) is 0 Å². The van der Waals surface area contributed by atoms with Gasteiger partial charge in [-0.25, -0.2) is 5.84 Å². The number of unbranched alkanes of at least 4 members (excludes halogenated alkanes) is 3. The van der Waals surface area contributed by atoms with E-state index >= 15 is 0 Å². The Morgan fingerprint density at radius 3 is 1.25 bits per heavy atom. The lowest BCUT2D eigenvalue weighted by molar-refractivity contribution is -0.126. The molecule has 0 unspecified atom stereocenters. The number of hydrazine groups is 1. The Bertz CT molecular complexity index is 5410. The van der Waals surface area contributed by atoms with Gasteiger partial charge in [0.05, 0.1) is 11.4 Å². The summed E-state index contributed by atoms with van der Waals surface area (Å²) < 4.78 is 5.24. The van der Waals surface area contributed by atoms with Crippen molar-refractivity contribution in [2.75, 3.05) is 16.3 Å². The van der Waals surface area contributed by atoms with E-state index in [0.717, 1.165) is 127 Å². The molecular weight excluding hydrogens is 1760 g/mol. The molecule has 19 heteroatoms. The third-order valence-electron chi connectivity index (χ3n) is 20.8. The fraction of sp³-hybridized carbons (Fsp3) is 0.260. The number of nitrogens with two attached hydrogens (primary N) is 3. The standard InChI is InChI=1S/C28H30BrN3.C22H28O.C13H12ClN.C13H13N.C8H15ClO.C7H7BrN2O.C7H8BrN.C6H7BO2/c1-5-6-17-28(3,4)27-31-30-26(23-13-10-14-24(29)19-23)32(27)25-16-15-22(18-20(25)2)21-11-8-7-9-12-21;1-5-6-14-22(3,4)21(23)16-19-12-13-20(15-17(19)2)18-10-8-7-9-11-18;1-10-9-12(7-8-13(10)15-14)11-5-3-2-4-6-11;1-10-9-12(7-8-13(10)14)11-5-3-2-4-6-11;1-4-5-6-8(2,3)7(9)10;8-6-3-1-2-5(4-6)7(11)10-9;1-5-4-6(8)2-3-7(5)9;8-7(9)6-4-2-1-3-5-6/h7-16,18-19H,5-6,17H2,1-4H3;7-13,15H,5-6,14,16H2,1-4H3;2-9,15H,1H3;2-9H,14H2,1H3;4-6H2,1-3H3;1-4H,9H2,(H,10,11);2-4H,9H2,1H3;1-5,8-9H. The van der Waals surface area contributed by atoms with Crippen molar-refractivity contribution in [3.8, 4) is 61.6 Å². The maximum absolute atomic E-state index is 12.6. The first-order valence-corrected chi connectivity index (χ1v) is 44.7. The van der Waals surface area contributed by atoms with Gasteiger partial charge in [-0.3, -0.25) is 29.2 Å². The van der Waals surface area contributed by atoms with Gasteiger partial charge in [0.25, 0.3) is 5.91 Å². The predicted octanol–water partition coefficient (Wildman–Crippen LogP) is 27.3. The van der Waals surface area contributed by atoms with Crippen LogP contribution in [0.25, 0.3) is 61.6 Å². The van der Waals surface area contributed by atoms with Crippen molar-refractivity contribution < 1.29 is 24.4 Å². The zero-order valence-corrected chi connectivity index (χ0v) is 79.7. The number of nitrogens with one attached hydrogen (secondary N) is 2. The molecule has 1 aromatic heterocycles. The molecule has 0 aliphatic carbocycles. The van der Waals surface area contributed by atoms with Crippen LogP contribution in [0, 0.1) is 45.4 Å². The number of benzene rings is 12. The SMILES string of the molecule is CCCCC(C)(C)C(=O)Cc1ccc(-c2ccccc2)cc1C.CCCCC(C)(C)C(=O)Cl.CCCCC(C)(C)c1nnc(-c2cccc(Br)c2)n1-c1ccc(-c2ccccc2)cc1C.Cc1cc(-c2ccccc2)ccc1N.Cc1cc(-c2ccccc2)ccc1NCl.Cc1cc(Br)ccc1N.NNC(=O)c1cccc(Br)c1.OB(O)c1ccccc1. The second-order valence-corrected chi connectivity index (χ2v) is 35.4. The fourth-order valence-electron chi connectivity index (χ4n) is 12.8. The van der Waals surface area contributed by atoms with Gasteiger partial charge in [-0.2, -0.15) is 0 Å². The lowest BCUT2D eigenvalue weighted by Gasteiger charge is -2.25. The molecule has 0 radical (unpaired) electrons.